The lowest BCUT2D eigenvalue weighted by Crippen LogP contribution is -2.23. The van der Waals surface area contributed by atoms with Crippen LogP contribution in [0.3, 0.4) is 0 Å². The summed E-state index contributed by atoms with van der Waals surface area (Å²) < 4.78 is 64.9. The van der Waals surface area contributed by atoms with Crippen molar-refractivity contribution in [2.24, 2.45) is 0 Å². The maximum Gasteiger partial charge on any atom is 0.416 e. The first kappa shape index (κ1) is 19.8. The van der Waals surface area contributed by atoms with Gasteiger partial charge in [0.25, 0.3) is 0 Å². The Kier molecular flexibility index (Phi) is 5.38. The monoisotopic (exact) mass is 404 g/mol. The van der Waals surface area contributed by atoms with Crippen molar-refractivity contribution in [2.75, 3.05) is 0 Å². The molecule has 0 fully saturated rings. The lowest BCUT2D eigenvalue weighted by molar-refractivity contribution is -0.137. The predicted octanol–water partition coefficient (Wildman–Crippen LogP) is 5.10. The Morgan fingerprint density at radius 1 is 0.750 bits per heavy atom. The standard InChI is InChI=1S/C21H15F3O3S/c22-21(23,24)17-13-11-16(12-14-17)20(19(25)15-7-3-1-4-8-15)28(26,27)18-9-5-2-6-10-18/h1-14,20H. The molecule has 1 atom stereocenters. The average Bonchev–Trinajstić information content (AvgIpc) is 2.69. The van der Waals surface area contributed by atoms with E-state index in [9.17, 15) is 26.4 Å². The van der Waals surface area contributed by atoms with Crippen molar-refractivity contribution in [1.29, 1.82) is 0 Å². The van der Waals surface area contributed by atoms with Crippen molar-refractivity contribution in [3.8, 4) is 0 Å². The second-order valence-electron chi connectivity index (χ2n) is 6.09. The summed E-state index contributed by atoms with van der Waals surface area (Å²) >= 11 is 0. The maximum absolute atomic E-state index is 13.2. The van der Waals surface area contributed by atoms with Crippen LogP contribution in [0.2, 0.25) is 0 Å². The molecule has 0 aliphatic carbocycles. The smallest absolute Gasteiger partial charge is 0.292 e. The Morgan fingerprint density at radius 3 is 1.75 bits per heavy atom. The molecule has 0 spiro atoms. The van der Waals surface area contributed by atoms with E-state index >= 15 is 0 Å². The van der Waals surface area contributed by atoms with Crippen LogP contribution in [0.4, 0.5) is 13.2 Å². The summed E-state index contributed by atoms with van der Waals surface area (Å²) in [7, 11) is -4.18. The van der Waals surface area contributed by atoms with Crippen LogP contribution in [0, 0.1) is 0 Å². The SMILES string of the molecule is O=C(c1ccccc1)C(c1ccc(C(F)(F)F)cc1)S(=O)(=O)c1ccccc1. The van der Waals surface area contributed by atoms with Gasteiger partial charge in [-0.1, -0.05) is 60.7 Å². The number of hydrogen-bond acceptors (Lipinski definition) is 3. The van der Waals surface area contributed by atoms with Gasteiger partial charge in [-0.15, -0.1) is 0 Å². The first-order valence-corrected chi connectivity index (χ1v) is 9.81. The highest BCUT2D eigenvalue weighted by Crippen LogP contribution is 2.35. The number of ketones is 1. The summed E-state index contributed by atoms with van der Waals surface area (Å²) in [6.45, 7) is 0. The lowest BCUT2D eigenvalue weighted by atomic mass is 10.0. The van der Waals surface area contributed by atoms with Crippen molar-refractivity contribution in [1.82, 2.24) is 0 Å². The highest BCUT2D eigenvalue weighted by atomic mass is 32.2. The zero-order valence-corrected chi connectivity index (χ0v) is 15.2. The van der Waals surface area contributed by atoms with Gasteiger partial charge in [0.15, 0.2) is 20.9 Å². The quantitative estimate of drug-likeness (QED) is 0.556. The zero-order chi connectivity index (χ0) is 20.4. The van der Waals surface area contributed by atoms with E-state index in [1.54, 1.807) is 24.3 Å². The highest BCUT2D eigenvalue weighted by Gasteiger charge is 2.37. The number of Topliss-reactive ketones (excluding diaryl/α,β-unsaturated/α-hetero) is 1. The molecule has 3 rings (SSSR count). The first-order valence-electron chi connectivity index (χ1n) is 8.26. The number of hydrogen-bond donors (Lipinski definition) is 0. The van der Waals surface area contributed by atoms with E-state index < -0.39 is 32.6 Å². The Morgan fingerprint density at radius 2 is 1.25 bits per heavy atom. The molecule has 144 valence electrons. The van der Waals surface area contributed by atoms with Gasteiger partial charge in [0.2, 0.25) is 0 Å². The van der Waals surface area contributed by atoms with Gasteiger partial charge in [-0.25, -0.2) is 8.42 Å². The Balaban J connectivity index is 2.14. The molecular weight excluding hydrogens is 389 g/mol. The molecular formula is C21H15F3O3S. The van der Waals surface area contributed by atoms with Gasteiger partial charge in [0.1, 0.15) is 0 Å². The summed E-state index contributed by atoms with van der Waals surface area (Å²) in [4.78, 5) is 13.0. The molecule has 0 amide bonds. The summed E-state index contributed by atoms with van der Waals surface area (Å²) in [5.41, 5.74) is -0.781. The van der Waals surface area contributed by atoms with E-state index in [0.29, 0.717) is 0 Å². The van der Waals surface area contributed by atoms with Crippen LogP contribution in [0.1, 0.15) is 26.7 Å². The fraction of sp³-hybridized carbons (Fsp3) is 0.0952. The molecule has 0 saturated heterocycles. The number of rotatable bonds is 5. The summed E-state index contributed by atoms with van der Waals surface area (Å²) in [5.74, 6) is -0.704. The van der Waals surface area contributed by atoms with Crippen LogP contribution in [0.15, 0.2) is 89.8 Å². The molecule has 0 radical (unpaired) electrons. The van der Waals surface area contributed by atoms with Crippen LogP contribution in [0.5, 0.6) is 0 Å². The molecule has 28 heavy (non-hydrogen) atoms. The molecule has 3 aromatic rings. The van der Waals surface area contributed by atoms with E-state index in [-0.39, 0.29) is 16.0 Å². The largest absolute Gasteiger partial charge is 0.416 e. The molecule has 0 aromatic heterocycles. The minimum Gasteiger partial charge on any atom is -0.292 e. The van der Waals surface area contributed by atoms with Crippen LogP contribution in [0.25, 0.3) is 0 Å². The number of carbonyl (C=O) groups is 1. The van der Waals surface area contributed by atoms with Crippen LogP contribution in [-0.2, 0) is 16.0 Å². The molecule has 7 heteroatoms. The van der Waals surface area contributed by atoms with E-state index in [4.69, 9.17) is 0 Å². The fourth-order valence-electron chi connectivity index (χ4n) is 2.82. The zero-order valence-electron chi connectivity index (χ0n) is 14.4. The van der Waals surface area contributed by atoms with Crippen molar-refractivity contribution in [2.45, 2.75) is 16.3 Å². The third-order valence-corrected chi connectivity index (χ3v) is 6.26. The van der Waals surface area contributed by atoms with Crippen molar-refractivity contribution in [3.63, 3.8) is 0 Å². The molecule has 0 saturated carbocycles. The normalized spacial score (nSPS) is 13.1. The molecule has 0 heterocycles. The van der Waals surface area contributed by atoms with Gasteiger partial charge < -0.3 is 0 Å². The highest BCUT2D eigenvalue weighted by molar-refractivity contribution is 7.92. The van der Waals surface area contributed by atoms with Gasteiger partial charge in [-0.3, -0.25) is 4.79 Å². The van der Waals surface area contributed by atoms with Gasteiger partial charge in [-0.05, 0) is 29.8 Å². The summed E-state index contributed by atoms with van der Waals surface area (Å²) in [6.07, 6.45) is -4.56. The van der Waals surface area contributed by atoms with Crippen LogP contribution < -0.4 is 0 Å². The van der Waals surface area contributed by atoms with Gasteiger partial charge in [0.05, 0.1) is 10.5 Å². The Bertz CT molecular complexity index is 1060. The third kappa shape index (κ3) is 3.99. The Labute approximate surface area is 160 Å². The van der Waals surface area contributed by atoms with E-state index in [1.165, 1.54) is 36.4 Å². The van der Waals surface area contributed by atoms with Crippen molar-refractivity contribution < 1.29 is 26.4 Å². The number of carbonyl (C=O) groups excluding carboxylic acids is 1. The summed E-state index contributed by atoms with van der Waals surface area (Å²) in [6, 6.07) is 18.8. The van der Waals surface area contributed by atoms with Crippen molar-refractivity contribution >= 4 is 15.6 Å². The number of benzene rings is 3. The third-order valence-electron chi connectivity index (χ3n) is 4.22. The molecule has 0 bridgehead atoms. The number of alkyl halides is 3. The van der Waals surface area contributed by atoms with E-state index in [0.717, 1.165) is 24.3 Å². The number of sulfone groups is 1. The van der Waals surface area contributed by atoms with Crippen LogP contribution in [-0.4, -0.2) is 14.2 Å². The minimum atomic E-state index is -4.56. The topological polar surface area (TPSA) is 51.2 Å². The average molecular weight is 404 g/mol. The number of halogens is 3. The lowest BCUT2D eigenvalue weighted by Gasteiger charge is -2.18. The second kappa shape index (κ2) is 7.59. The molecule has 1 unspecified atom stereocenters. The molecule has 0 N–H and O–H groups in total. The van der Waals surface area contributed by atoms with Gasteiger partial charge in [-0.2, -0.15) is 13.2 Å². The fourth-order valence-corrected chi connectivity index (χ4v) is 4.56. The van der Waals surface area contributed by atoms with Gasteiger partial charge in [0, 0.05) is 5.56 Å². The molecule has 3 aromatic carbocycles. The second-order valence-corrected chi connectivity index (χ2v) is 8.12. The van der Waals surface area contributed by atoms with E-state index in [1.807, 2.05) is 0 Å². The first-order chi connectivity index (χ1) is 13.2. The molecule has 0 aliphatic heterocycles. The predicted molar refractivity (Wildman–Crippen MR) is 98.6 cm³/mol. The van der Waals surface area contributed by atoms with E-state index in [2.05, 4.69) is 0 Å². The molecule has 3 nitrogen and oxygen atoms in total. The Hall–Kier alpha value is -2.93. The van der Waals surface area contributed by atoms with Crippen LogP contribution >= 0.6 is 0 Å². The molecule has 0 aliphatic rings. The summed E-state index contributed by atoms with van der Waals surface area (Å²) in [5, 5.41) is -1.65. The minimum absolute atomic E-state index is 0.0225. The van der Waals surface area contributed by atoms with Crippen molar-refractivity contribution in [3.05, 3.63) is 102 Å². The maximum atomic E-state index is 13.2. The van der Waals surface area contributed by atoms with Gasteiger partial charge >= 0.3 is 6.18 Å².